The number of anilines is 1. The van der Waals surface area contributed by atoms with Gasteiger partial charge in [-0.25, -0.2) is 4.98 Å². The van der Waals surface area contributed by atoms with Crippen LogP contribution in [0, 0.1) is 6.92 Å². The predicted molar refractivity (Wildman–Crippen MR) is 73.1 cm³/mol. The fourth-order valence-corrected chi connectivity index (χ4v) is 1.50. The van der Waals surface area contributed by atoms with Crippen molar-refractivity contribution in [3.8, 4) is 0 Å². The molecule has 1 rings (SSSR count). The summed E-state index contributed by atoms with van der Waals surface area (Å²) in [5.41, 5.74) is 0.688. The lowest BCUT2D eigenvalue weighted by Gasteiger charge is -2.20. The van der Waals surface area contributed by atoms with Crippen LogP contribution in [0.4, 0.5) is 5.82 Å². The summed E-state index contributed by atoms with van der Waals surface area (Å²) < 4.78 is 0.960. The van der Waals surface area contributed by atoms with Crippen molar-refractivity contribution >= 4 is 27.7 Å². The molecule has 0 unspecified atom stereocenters. The van der Waals surface area contributed by atoms with Gasteiger partial charge in [0.25, 0.3) is 0 Å². The summed E-state index contributed by atoms with van der Waals surface area (Å²) in [7, 11) is 0. The average Bonchev–Trinajstić information content (AvgIpc) is 2.17. The molecule has 0 saturated carbocycles. The minimum absolute atomic E-state index is 0.0418. The van der Waals surface area contributed by atoms with Gasteiger partial charge in [0, 0.05) is 10.0 Å². The predicted octanol–water partition coefficient (Wildman–Crippen LogP) is 2.48. The van der Waals surface area contributed by atoms with Crippen LogP contribution >= 0.6 is 15.9 Å². The molecule has 0 bridgehead atoms. The van der Waals surface area contributed by atoms with E-state index in [-0.39, 0.29) is 18.0 Å². The van der Waals surface area contributed by atoms with Crippen molar-refractivity contribution in [2.75, 3.05) is 11.9 Å². The summed E-state index contributed by atoms with van der Waals surface area (Å²) in [4.78, 5) is 15.9. The van der Waals surface area contributed by atoms with E-state index in [1.807, 2.05) is 39.8 Å². The normalized spacial score (nSPS) is 11.1. The van der Waals surface area contributed by atoms with Crippen LogP contribution in [0.2, 0.25) is 0 Å². The first-order valence-corrected chi connectivity index (χ1v) is 6.25. The Labute approximate surface area is 110 Å². The lowest BCUT2D eigenvalue weighted by Crippen LogP contribution is -2.43. The van der Waals surface area contributed by atoms with Crippen molar-refractivity contribution < 1.29 is 4.79 Å². The second kappa shape index (κ2) is 5.49. The third kappa shape index (κ3) is 5.17. The van der Waals surface area contributed by atoms with Crippen LogP contribution in [-0.4, -0.2) is 23.0 Å². The second-order valence-corrected chi connectivity index (χ2v) is 5.77. The van der Waals surface area contributed by atoms with Crippen molar-refractivity contribution in [1.29, 1.82) is 0 Å². The molecule has 0 aliphatic rings. The first-order valence-electron chi connectivity index (χ1n) is 5.46. The molecule has 0 aliphatic carbocycles. The van der Waals surface area contributed by atoms with E-state index < -0.39 is 0 Å². The number of aromatic nitrogens is 1. The number of rotatable bonds is 3. The molecule has 1 aromatic rings. The van der Waals surface area contributed by atoms with Gasteiger partial charge in [0.1, 0.15) is 5.82 Å². The first kappa shape index (κ1) is 14.0. The fraction of sp³-hybridized carbons (Fsp3) is 0.500. The summed E-state index contributed by atoms with van der Waals surface area (Å²) in [5, 5.41) is 5.87. The molecule has 1 aromatic heterocycles. The minimum atomic E-state index is -0.207. The molecule has 5 heteroatoms. The molecule has 1 heterocycles. The molecule has 0 fully saturated rings. The molecule has 94 valence electrons. The molecule has 2 N–H and O–H groups in total. The molecule has 0 aliphatic heterocycles. The van der Waals surface area contributed by atoms with E-state index in [4.69, 9.17) is 0 Å². The molecule has 1 amide bonds. The van der Waals surface area contributed by atoms with Crippen LogP contribution in [0.3, 0.4) is 0 Å². The van der Waals surface area contributed by atoms with E-state index in [2.05, 4.69) is 31.5 Å². The maximum absolute atomic E-state index is 11.6. The van der Waals surface area contributed by atoms with Gasteiger partial charge >= 0.3 is 0 Å². The quantitative estimate of drug-likeness (QED) is 0.901. The van der Waals surface area contributed by atoms with Crippen LogP contribution in [0.15, 0.2) is 16.6 Å². The Morgan fingerprint density at radius 1 is 1.41 bits per heavy atom. The molecule has 4 nitrogen and oxygen atoms in total. The summed E-state index contributed by atoms with van der Waals surface area (Å²) in [6.07, 6.45) is 0. The van der Waals surface area contributed by atoms with E-state index >= 15 is 0 Å². The van der Waals surface area contributed by atoms with Crippen molar-refractivity contribution in [1.82, 2.24) is 10.3 Å². The second-order valence-electron chi connectivity index (χ2n) is 4.92. The number of amides is 1. The number of nitrogens with one attached hydrogen (secondary N) is 2. The molecule has 0 spiro atoms. The van der Waals surface area contributed by atoms with Crippen LogP contribution < -0.4 is 10.6 Å². The maximum Gasteiger partial charge on any atom is 0.239 e. The van der Waals surface area contributed by atoms with Gasteiger partial charge in [0.15, 0.2) is 0 Å². The third-order valence-corrected chi connectivity index (χ3v) is 2.80. The number of pyridine rings is 1. The zero-order chi connectivity index (χ0) is 13.1. The largest absolute Gasteiger partial charge is 0.361 e. The Hall–Kier alpha value is -1.10. The highest BCUT2D eigenvalue weighted by atomic mass is 79.9. The van der Waals surface area contributed by atoms with Crippen molar-refractivity contribution in [3.63, 3.8) is 0 Å². The van der Waals surface area contributed by atoms with Gasteiger partial charge in [0.2, 0.25) is 5.91 Å². The Bertz CT molecular complexity index is 413. The van der Waals surface area contributed by atoms with Crippen LogP contribution in [-0.2, 0) is 4.79 Å². The van der Waals surface area contributed by atoms with Gasteiger partial charge in [-0.15, -0.1) is 0 Å². The smallest absolute Gasteiger partial charge is 0.239 e. The van der Waals surface area contributed by atoms with E-state index in [1.54, 1.807) is 0 Å². The summed E-state index contributed by atoms with van der Waals surface area (Å²) in [5.74, 6) is 0.662. The van der Waals surface area contributed by atoms with Crippen LogP contribution in [0.1, 0.15) is 26.5 Å². The van der Waals surface area contributed by atoms with Crippen LogP contribution in [0.25, 0.3) is 0 Å². The molecule has 0 radical (unpaired) electrons. The van der Waals surface area contributed by atoms with E-state index in [0.29, 0.717) is 5.82 Å². The number of aryl methyl sites for hydroxylation is 1. The topological polar surface area (TPSA) is 54.0 Å². The zero-order valence-corrected chi connectivity index (χ0v) is 12.2. The fourth-order valence-electron chi connectivity index (χ4n) is 1.28. The standard InChI is InChI=1S/C12H18BrN3O/c1-8-9(13)5-6-10(15-8)14-7-11(17)16-12(2,3)4/h5-6H,7H2,1-4H3,(H,14,15)(H,16,17). The van der Waals surface area contributed by atoms with Crippen LogP contribution in [0.5, 0.6) is 0 Å². The Balaban J connectivity index is 2.50. The number of hydrogen-bond acceptors (Lipinski definition) is 3. The summed E-state index contributed by atoms with van der Waals surface area (Å²) in [6.45, 7) is 7.99. The average molecular weight is 300 g/mol. The lowest BCUT2D eigenvalue weighted by molar-refractivity contribution is -0.120. The highest BCUT2D eigenvalue weighted by Gasteiger charge is 2.13. The van der Waals surface area contributed by atoms with E-state index in [9.17, 15) is 4.79 Å². The van der Waals surface area contributed by atoms with E-state index in [1.165, 1.54) is 0 Å². The zero-order valence-electron chi connectivity index (χ0n) is 10.6. The molecule has 0 atom stereocenters. The SMILES string of the molecule is Cc1nc(NCC(=O)NC(C)(C)C)ccc1Br. The monoisotopic (exact) mass is 299 g/mol. The molecular weight excluding hydrogens is 282 g/mol. The highest BCUT2D eigenvalue weighted by molar-refractivity contribution is 9.10. The molecule has 0 saturated heterocycles. The molecule has 17 heavy (non-hydrogen) atoms. The minimum Gasteiger partial charge on any atom is -0.361 e. The van der Waals surface area contributed by atoms with Gasteiger partial charge in [-0.3, -0.25) is 4.79 Å². The third-order valence-electron chi connectivity index (χ3n) is 1.97. The maximum atomic E-state index is 11.6. The first-order chi connectivity index (χ1) is 7.78. The van der Waals surface area contributed by atoms with Crippen molar-refractivity contribution in [2.24, 2.45) is 0 Å². The Morgan fingerprint density at radius 2 is 2.06 bits per heavy atom. The van der Waals surface area contributed by atoms with Gasteiger partial charge < -0.3 is 10.6 Å². The number of carbonyl (C=O) groups excluding carboxylic acids is 1. The van der Waals surface area contributed by atoms with E-state index in [0.717, 1.165) is 10.2 Å². The van der Waals surface area contributed by atoms with Gasteiger partial charge in [-0.1, -0.05) is 0 Å². The number of nitrogens with zero attached hydrogens (tertiary/aromatic N) is 1. The number of carbonyl (C=O) groups is 1. The Morgan fingerprint density at radius 3 is 2.59 bits per heavy atom. The molecular formula is C12H18BrN3O. The Kier molecular flexibility index (Phi) is 4.51. The highest BCUT2D eigenvalue weighted by Crippen LogP contribution is 2.15. The van der Waals surface area contributed by atoms with Gasteiger partial charge in [0.05, 0.1) is 12.2 Å². The summed E-state index contributed by atoms with van der Waals surface area (Å²) >= 11 is 3.38. The van der Waals surface area contributed by atoms with Gasteiger partial charge in [-0.2, -0.15) is 0 Å². The van der Waals surface area contributed by atoms with Gasteiger partial charge in [-0.05, 0) is 55.8 Å². The van der Waals surface area contributed by atoms with Crippen molar-refractivity contribution in [3.05, 3.63) is 22.3 Å². The van der Waals surface area contributed by atoms with Crippen molar-refractivity contribution in [2.45, 2.75) is 33.2 Å². The summed E-state index contributed by atoms with van der Waals surface area (Å²) in [6, 6.07) is 3.74. The number of halogens is 1. The lowest BCUT2D eigenvalue weighted by atomic mass is 10.1. The molecule has 0 aromatic carbocycles. The number of hydrogen-bond donors (Lipinski definition) is 2.